The number of hydrogen-bond acceptors (Lipinski definition) is 2. The Bertz CT molecular complexity index is 376. The first-order valence-corrected chi connectivity index (χ1v) is 4.90. The highest BCUT2D eigenvalue weighted by Gasteiger charge is 2.22. The summed E-state index contributed by atoms with van der Waals surface area (Å²) in [6.45, 7) is 1.22. The van der Waals surface area contributed by atoms with Gasteiger partial charge in [0.1, 0.15) is 5.69 Å². The minimum absolute atomic E-state index is 0.197. The molecule has 0 saturated carbocycles. The molecule has 0 aromatic heterocycles. The first-order valence-electron chi connectivity index (χ1n) is 4.90. The summed E-state index contributed by atoms with van der Waals surface area (Å²) in [5.74, 6) is -5.56. The number of halogens is 4. The molecule has 1 atom stereocenters. The number of hydrogen-bond donors (Lipinski definition) is 2. The SMILES string of the molecule is Fc1cc(F)c(F)c(NC2CCNC2)c1F. The van der Waals surface area contributed by atoms with E-state index in [1.54, 1.807) is 0 Å². The molecular weight excluding hydrogens is 224 g/mol. The summed E-state index contributed by atoms with van der Waals surface area (Å²) in [7, 11) is 0. The Morgan fingerprint density at radius 1 is 1.12 bits per heavy atom. The Labute approximate surface area is 89.6 Å². The van der Waals surface area contributed by atoms with E-state index in [-0.39, 0.29) is 12.1 Å². The third-order valence-corrected chi connectivity index (χ3v) is 2.52. The van der Waals surface area contributed by atoms with Gasteiger partial charge in [-0.25, -0.2) is 17.6 Å². The summed E-state index contributed by atoms with van der Waals surface area (Å²) in [5.41, 5.74) is -0.730. The molecule has 1 aliphatic heterocycles. The molecule has 1 saturated heterocycles. The number of nitrogens with one attached hydrogen (secondary N) is 2. The lowest BCUT2D eigenvalue weighted by molar-refractivity contribution is 0.456. The molecule has 0 radical (unpaired) electrons. The van der Waals surface area contributed by atoms with E-state index in [2.05, 4.69) is 10.6 Å². The van der Waals surface area contributed by atoms with Gasteiger partial charge < -0.3 is 10.6 Å². The summed E-state index contributed by atoms with van der Waals surface area (Å²) >= 11 is 0. The van der Waals surface area contributed by atoms with Gasteiger partial charge in [0.25, 0.3) is 0 Å². The topological polar surface area (TPSA) is 24.1 Å². The van der Waals surface area contributed by atoms with E-state index >= 15 is 0 Å². The van der Waals surface area contributed by atoms with Crippen LogP contribution in [0.5, 0.6) is 0 Å². The molecule has 1 heterocycles. The molecule has 1 aliphatic rings. The molecule has 0 aliphatic carbocycles. The second-order valence-electron chi connectivity index (χ2n) is 3.68. The molecule has 88 valence electrons. The van der Waals surface area contributed by atoms with Gasteiger partial charge in [0.2, 0.25) is 0 Å². The average Bonchev–Trinajstić information content (AvgIpc) is 2.74. The first kappa shape index (κ1) is 11.2. The average molecular weight is 234 g/mol. The minimum Gasteiger partial charge on any atom is -0.376 e. The summed E-state index contributed by atoms with van der Waals surface area (Å²) in [6, 6.07) is -0.0202. The highest BCUT2D eigenvalue weighted by Crippen LogP contribution is 2.25. The monoisotopic (exact) mass is 234 g/mol. The Morgan fingerprint density at radius 3 is 2.25 bits per heavy atom. The largest absolute Gasteiger partial charge is 0.376 e. The van der Waals surface area contributed by atoms with E-state index in [1.165, 1.54) is 0 Å². The van der Waals surface area contributed by atoms with Gasteiger partial charge in [-0.05, 0) is 13.0 Å². The number of anilines is 1. The van der Waals surface area contributed by atoms with Crippen molar-refractivity contribution in [3.63, 3.8) is 0 Å². The van der Waals surface area contributed by atoms with Crippen LogP contribution < -0.4 is 10.6 Å². The fourth-order valence-corrected chi connectivity index (χ4v) is 1.68. The van der Waals surface area contributed by atoms with Crippen molar-refractivity contribution in [1.29, 1.82) is 0 Å². The van der Waals surface area contributed by atoms with Crippen LogP contribution in [0.3, 0.4) is 0 Å². The van der Waals surface area contributed by atoms with E-state index in [0.29, 0.717) is 19.5 Å². The van der Waals surface area contributed by atoms with Crippen molar-refractivity contribution in [2.75, 3.05) is 18.4 Å². The normalized spacial score (nSPS) is 20.1. The molecule has 2 rings (SSSR count). The standard InChI is InChI=1S/C10H10F4N2/c11-6-3-7(12)9(14)10(8(6)13)16-5-1-2-15-4-5/h3,5,15-16H,1-2,4H2. The predicted octanol–water partition coefficient (Wildman–Crippen LogP) is 2.02. The molecule has 0 amide bonds. The lowest BCUT2D eigenvalue weighted by atomic mass is 10.2. The molecule has 1 aromatic carbocycles. The van der Waals surface area contributed by atoms with E-state index < -0.39 is 29.0 Å². The lowest BCUT2D eigenvalue weighted by Gasteiger charge is -2.14. The van der Waals surface area contributed by atoms with Gasteiger partial charge in [0.15, 0.2) is 23.3 Å². The highest BCUT2D eigenvalue weighted by molar-refractivity contribution is 5.48. The molecule has 2 nitrogen and oxygen atoms in total. The van der Waals surface area contributed by atoms with Crippen molar-refractivity contribution in [3.8, 4) is 0 Å². The zero-order valence-electron chi connectivity index (χ0n) is 8.29. The van der Waals surface area contributed by atoms with E-state index in [0.717, 1.165) is 0 Å². The summed E-state index contributed by atoms with van der Waals surface area (Å²) in [4.78, 5) is 0. The molecule has 1 unspecified atom stereocenters. The van der Waals surface area contributed by atoms with Crippen LogP contribution in [0.4, 0.5) is 23.2 Å². The van der Waals surface area contributed by atoms with Crippen LogP contribution in [0.15, 0.2) is 6.07 Å². The summed E-state index contributed by atoms with van der Waals surface area (Å²) in [5, 5.41) is 5.43. The highest BCUT2D eigenvalue weighted by atomic mass is 19.2. The number of benzene rings is 1. The van der Waals surface area contributed by atoms with Crippen molar-refractivity contribution < 1.29 is 17.6 Å². The van der Waals surface area contributed by atoms with Gasteiger partial charge in [-0.1, -0.05) is 0 Å². The van der Waals surface area contributed by atoms with E-state index in [9.17, 15) is 17.6 Å². The second-order valence-corrected chi connectivity index (χ2v) is 3.68. The Hall–Kier alpha value is -1.30. The maximum absolute atomic E-state index is 13.2. The van der Waals surface area contributed by atoms with Crippen molar-refractivity contribution in [2.45, 2.75) is 12.5 Å². The Morgan fingerprint density at radius 2 is 1.75 bits per heavy atom. The van der Waals surface area contributed by atoms with Crippen LogP contribution in [-0.2, 0) is 0 Å². The summed E-state index contributed by atoms with van der Waals surface area (Å²) < 4.78 is 52.2. The van der Waals surface area contributed by atoms with Crippen molar-refractivity contribution in [2.24, 2.45) is 0 Å². The van der Waals surface area contributed by atoms with Crippen LogP contribution in [0, 0.1) is 23.3 Å². The van der Waals surface area contributed by atoms with Crippen LogP contribution >= 0.6 is 0 Å². The molecule has 1 aromatic rings. The zero-order chi connectivity index (χ0) is 11.7. The predicted molar refractivity (Wildman–Crippen MR) is 51.2 cm³/mol. The maximum atomic E-state index is 13.2. The van der Waals surface area contributed by atoms with Gasteiger partial charge in [0.05, 0.1) is 0 Å². The maximum Gasteiger partial charge on any atom is 0.185 e. The van der Waals surface area contributed by atoms with E-state index in [1.807, 2.05) is 0 Å². The molecule has 0 bridgehead atoms. The Balaban J connectivity index is 2.31. The quantitative estimate of drug-likeness (QED) is 0.604. The van der Waals surface area contributed by atoms with Crippen molar-refractivity contribution in [3.05, 3.63) is 29.3 Å². The lowest BCUT2D eigenvalue weighted by Crippen LogP contribution is -2.24. The summed E-state index contributed by atoms with van der Waals surface area (Å²) in [6.07, 6.45) is 0.650. The smallest absolute Gasteiger partial charge is 0.185 e. The molecule has 1 fully saturated rings. The fraction of sp³-hybridized carbons (Fsp3) is 0.400. The second kappa shape index (κ2) is 4.29. The Kier molecular flexibility index (Phi) is 3.00. The molecule has 6 heteroatoms. The van der Waals surface area contributed by atoms with Crippen LogP contribution in [0.25, 0.3) is 0 Å². The van der Waals surface area contributed by atoms with Crippen molar-refractivity contribution >= 4 is 5.69 Å². The molecule has 2 N–H and O–H groups in total. The van der Waals surface area contributed by atoms with Gasteiger partial charge in [0, 0.05) is 18.7 Å². The van der Waals surface area contributed by atoms with Gasteiger partial charge in [-0.2, -0.15) is 0 Å². The van der Waals surface area contributed by atoms with Crippen molar-refractivity contribution in [1.82, 2.24) is 5.32 Å². The molecule has 16 heavy (non-hydrogen) atoms. The zero-order valence-corrected chi connectivity index (χ0v) is 8.29. The number of rotatable bonds is 2. The molecular formula is C10H10F4N2. The van der Waals surface area contributed by atoms with Crippen LogP contribution in [0.1, 0.15) is 6.42 Å². The third kappa shape index (κ3) is 1.97. The van der Waals surface area contributed by atoms with Gasteiger partial charge in [-0.3, -0.25) is 0 Å². The first-order chi connectivity index (χ1) is 7.59. The van der Waals surface area contributed by atoms with Gasteiger partial charge in [-0.15, -0.1) is 0 Å². The van der Waals surface area contributed by atoms with Gasteiger partial charge >= 0.3 is 0 Å². The molecule has 0 spiro atoms. The van der Waals surface area contributed by atoms with E-state index in [4.69, 9.17) is 0 Å². The minimum atomic E-state index is -1.40. The fourth-order valence-electron chi connectivity index (χ4n) is 1.68. The van der Waals surface area contributed by atoms with Crippen LogP contribution in [0.2, 0.25) is 0 Å². The third-order valence-electron chi connectivity index (χ3n) is 2.52. The van der Waals surface area contributed by atoms with Crippen LogP contribution in [-0.4, -0.2) is 19.1 Å².